The van der Waals surface area contributed by atoms with Gasteiger partial charge < -0.3 is 19.9 Å². The van der Waals surface area contributed by atoms with Gasteiger partial charge in [0.2, 0.25) is 0 Å². The lowest BCUT2D eigenvalue weighted by atomic mass is 10.0. The molecule has 1 N–H and O–H groups in total. The van der Waals surface area contributed by atoms with Crippen molar-refractivity contribution in [3.05, 3.63) is 65.4 Å². The minimum atomic E-state index is -4.38. The molecule has 36 heavy (non-hydrogen) atoms. The number of carbonyl (C=O) groups excluding carboxylic acids is 1. The lowest BCUT2D eigenvalue weighted by molar-refractivity contribution is -0.138. The Labute approximate surface area is 209 Å². The van der Waals surface area contributed by atoms with Crippen LogP contribution >= 0.6 is 0 Å². The number of benzene rings is 2. The summed E-state index contributed by atoms with van der Waals surface area (Å²) >= 11 is 0. The highest BCUT2D eigenvalue weighted by Gasteiger charge is 2.32. The highest BCUT2D eigenvalue weighted by atomic mass is 19.4. The second-order valence-corrected chi connectivity index (χ2v) is 9.96. The molecule has 1 amide bonds. The molecule has 1 saturated heterocycles. The molecule has 1 fully saturated rings. The number of alkyl halides is 3. The van der Waals surface area contributed by atoms with E-state index in [1.807, 2.05) is 45.0 Å². The molecule has 1 aromatic heterocycles. The van der Waals surface area contributed by atoms with E-state index in [0.717, 1.165) is 28.3 Å². The maximum Gasteiger partial charge on any atom is 0.416 e. The van der Waals surface area contributed by atoms with Crippen molar-refractivity contribution in [2.75, 3.05) is 36.4 Å². The largest absolute Gasteiger partial charge is 0.444 e. The second-order valence-electron chi connectivity index (χ2n) is 9.96. The fourth-order valence-electron chi connectivity index (χ4n) is 4.33. The normalized spacial score (nSPS) is 14.8. The zero-order valence-electron chi connectivity index (χ0n) is 20.9. The number of rotatable bonds is 4. The van der Waals surface area contributed by atoms with Gasteiger partial charge in [-0.05, 0) is 69.2 Å². The first-order chi connectivity index (χ1) is 16.9. The third kappa shape index (κ3) is 5.83. The number of fused-ring (bicyclic) bond motifs is 1. The summed E-state index contributed by atoms with van der Waals surface area (Å²) in [4.78, 5) is 20.7. The number of aromatic nitrogens is 1. The highest BCUT2D eigenvalue weighted by molar-refractivity contribution is 5.93. The molecule has 0 atom stereocenters. The van der Waals surface area contributed by atoms with E-state index < -0.39 is 17.3 Å². The molecule has 4 rings (SSSR count). The van der Waals surface area contributed by atoms with Crippen molar-refractivity contribution < 1.29 is 22.7 Å². The molecule has 0 radical (unpaired) electrons. The van der Waals surface area contributed by atoms with Gasteiger partial charge in [0.1, 0.15) is 5.60 Å². The molecule has 6 nitrogen and oxygen atoms in total. The Morgan fingerprint density at radius 1 is 1.06 bits per heavy atom. The highest BCUT2D eigenvalue weighted by Crippen LogP contribution is 2.33. The van der Waals surface area contributed by atoms with Gasteiger partial charge in [0, 0.05) is 55.7 Å². The predicted octanol–water partition coefficient (Wildman–Crippen LogP) is 6.23. The molecular formula is C27H31F3N4O2. The van der Waals surface area contributed by atoms with Crippen LogP contribution in [0.4, 0.5) is 29.3 Å². The molecule has 1 aliphatic rings. The number of halogens is 3. The van der Waals surface area contributed by atoms with Gasteiger partial charge in [-0.15, -0.1) is 0 Å². The van der Waals surface area contributed by atoms with E-state index in [1.165, 1.54) is 13.0 Å². The summed E-state index contributed by atoms with van der Waals surface area (Å²) in [5.74, 6) is 0. The van der Waals surface area contributed by atoms with Crippen LogP contribution in [0.1, 0.15) is 37.5 Å². The van der Waals surface area contributed by atoms with Crippen LogP contribution < -0.4 is 10.2 Å². The Kier molecular flexibility index (Phi) is 7.02. The summed E-state index contributed by atoms with van der Waals surface area (Å²) < 4.78 is 45.4. The van der Waals surface area contributed by atoms with Gasteiger partial charge in [-0.3, -0.25) is 4.98 Å². The van der Waals surface area contributed by atoms with E-state index in [4.69, 9.17) is 4.74 Å². The maximum absolute atomic E-state index is 13.3. The van der Waals surface area contributed by atoms with Gasteiger partial charge in [-0.2, -0.15) is 13.2 Å². The van der Waals surface area contributed by atoms with E-state index in [-0.39, 0.29) is 18.2 Å². The molecule has 1 aliphatic heterocycles. The van der Waals surface area contributed by atoms with Crippen LogP contribution in [0.3, 0.4) is 0 Å². The zero-order chi connectivity index (χ0) is 26.1. The molecule has 0 unspecified atom stereocenters. The summed E-state index contributed by atoms with van der Waals surface area (Å²) in [6, 6.07) is 12.0. The van der Waals surface area contributed by atoms with E-state index in [2.05, 4.69) is 15.2 Å². The summed E-state index contributed by atoms with van der Waals surface area (Å²) in [5, 5.41) is 4.19. The number of pyridine rings is 1. The first-order valence-corrected chi connectivity index (χ1v) is 11.9. The lowest BCUT2D eigenvalue weighted by Crippen LogP contribution is -2.50. The minimum absolute atomic E-state index is 0.222. The zero-order valence-corrected chi connectivity index (χ0v) is 20.9. The van der Waals surface area contributed by atoms with Crippen molar-refractivity contribution in [3.63, 3.8) is 0 Å². The van der Waals surface area contributed by atoms with Crippen LogP contribution in [-0.4, -0.2) is 47.8 Å². The SMILES string of the molecule is Cc1c(CNc2ccnc3ccc(N4CCN(C(=O)OC(C)(C)C)CC4)cc23)cccc1C(F)(F)F. The smallest absolute Gasteiger partial charge is 0.416 e. The van der Waals surface area contributed by atoms with Crippen molar-refractivity contribution in [2.24, 2.45) is 0 Å². The number of amides is 1. The molecule has 0 spiro atoms. The number of anilines is 2. The Bertz CT molecular complexity index is 1250. The van der Waals surface area contributed by atoms with Crippen LogP contribution in [0.2, 0.25) is 0 Å². The second kappa shape index (κ2) is 9.87. The number of piperazine rings is 1. The average molecular weight is 501 g/mol. The third-order valence-electron chi connectivity index (χ3n) is 6.24. The molecular weight excluding hydrogens is 469 g/mol. The number of nitrogens with zero attached hydrogens (tertiary/aromatic N) is 3. The summed E-state index contributed by atoms with van der Waals surface area (Å²) in [5.41, 5.74) is 2.24. The number of ether oxygens (including phenoxy) is 1. The van der Waals surface area contributed by atoms with Crippen molar-refractivity contribution in [2.45, 2.75) is 46.0 Å². The first kappa shape index (κ1) is 25.6. The Morgan fingerprint density at radius 2 is 1.78 bits per heavy atom. The van der Waals surface area contributed by atoms with Crippen LogP contribution in [0, 0.1) is 6.92 Å². The number of hydrogen-bond acceptors (Lipinski definition) is 5. The maximum atomic E-state index is 13.3. The molecule has 2 heterocycles. The van der Waals surface area contributed by atoms with Crippen molar-refractivity contribution >= 4 is 28.4 Å². The molecule has 9 heteroatoms. The monoisotopic (exact) mass is 500 g/mol. The van der Waals surface area contributed by atoms with Gasteiger partial charge in [0.25, 0.3) is 0 Å². The van der Waals surface area contributed by atoms with Crippen LogP contribution in [0.5, 0.6) is 0 Å². The van der Waals surface area contributed by atoms with Gasteiger partial charge in [0.05, 0.1) is 11.1 Å². The van der Waals surface area contributed by atoms with Gasteiger partial charge in [-0.1, -0.05) is 12.1 Å². The molecule has 3 aromatic rings. The molecule has 0 saturated carbocycles. The third-order valence-corrected chi connectivity index (χ3v) is 6.24. The molecule has 2 aromatic carbocycles. The molecule has 0 aliphatic carbocycles. The van der Waals surface area contributed by atoms with E-state index >= 15 is 0 Å². The Morgan fingerprint density at radius 3 is 2.44 bits per heavy atom. The van der Waals surface area contributed by atoms with E-state index in [1.54, 1.807) is 17.2 Å². The number of nitrogens with one attached hydrogen (secondary N) is 1. The van der Waals surface area contributed by atoms with E-state index in [9.17, 15) is 18.0 Å². The predicted molar refractivity (Wildman–Crippen MR) is 135 cm³/mol. The minimum Gasteiger partial charge on any atom is -0.444 e. The number of hydrogen-bond donors (Lipinski definition) is 1. The van der Waals surface area contributed by atoms with E-state index in [0.29, 0.717) is 31.7 Å². The Balaban J connectivity index is 1.49. The van der Waals surface area contributed by atoms with Gasteiger partial charge in [0.15, 0.2) is 0 Å². The average Bonchev–Trinajstić information content (AvgIpc) is 2.81. The quantitative estimate of drug-likeness (QED) is 0.460. The molecule has 0 bridgehead atoms. The van der Waals surface area contributed by atoms with Crippen LogP contribution in [0.25, 0.3) is 10.9 Å². The lowest BCUT2D eigenvalue weighted by Gasteiger charge is -2.36. The summed E-state index contributed by atoms with van der Waals surface area (Å²) in [6.07, 6.45) is -3.00. The van der Waals surface area contributed by atoms with Crippen molar-refractivity contribution in [1.29, 1.82) is 0 Å². The fourth-order valence-corrected chi connectivity index (χ4v) is 4.33. The summed E-state index contributed by atoms with van der Waals surface area (Å²) in [6.45, 7) is 9.75. The molecule has 192 valence electrons. The van der Waals surface area contributed by atoms with Crippen LogP contribution in [0.15, 0.2) is 48.7 Å². The van der Waals surface area contributed by atoms with Crippen molar-refractivity contribution in [1.82, 2.24) is 9.88 Å². The fraction of sp³-hybridized carbons (Fsp3) is 0.407. The Hall–Kier alpha value is -3.49. The first-order valence-electron chi connectivity index (χ1n) is 11.9. The number of carbonyl (C=O) groups is 1. The van der Waals surface area contributed by atoms with Crippen LogP contribution in [-0.2, 0) is 17.5 Å². The van der Waals surface area contributed by atoms with Gasteiger partial charge >= 0.3 is 12.3 Å². The standard InChI is InChI=1S/C27H31F3N4O2/c1-18-19(6-5-7-22(18)27(28,29)30)17-32-24-10-11-31-23-9-8-20(16-21(23)24)33-12-14-34(15-13-33)25(35)36-26(2,3)4/h5-11,16H,12-15,17H2,1-4H3,(H,31,32). The van der Waals surface area contributed by atoms with Crippen molar-refractivity contribution in [3.8, 4) is 0 Å². The van der Waals surface area contributed by atoms with Gasteiger partial charge in [-0.25, -0.2) is 4.79 Å². The topological polar surface area (TPSA) is 57.7 Å². The summed E-state index contributed by atoms with van der Waals surface area (Å²) in [7, 11) is 0.